The molecule has 0 spiro atoms. The van der Waals surface area contributed by atoms with Gasteiger partial charge in [0.15, 0.2) is 0 Å². The van der Waals surface area contributed by atoms with Crippen molar-refractivity contribution in [1.82, 2.24) is 9.97 Å². The molecule has 21 heavy (non-hydrogen) atoms. The molecule has 2 rings (SSSR count). The minimum atomic E-state index is -0.502. The first-order valence-corrected chi connectivity index (χ1v) is 6.94. The minimum Gasteiger partial charge on any atom is -0.367 e. The molecule has 0 amide bonds. The van der Waals surface area contributed by atoms with E-state index < -0.39 is 4.92 Å². The van der Waals surface area contributed by atoms with Crippen molar-refractivity contribution in [3.63, 3.8) is 0 Å². The molecule has 1 heterocycles. The molecular formula is C13H14BrN5O2. The molecule has 0 saturated carbocycles. The SMILES string of the molecule is CNc1ncnc(Nc2c(C)cc(Br)cc2C)c1[N+](=O)[O-]. The Morgan fingerprint density at radius 2 is 1.76 bits per heavy atom. The Balaban J connectivity index is 2.52. The van der Waals surface area contributed by atoms with Gasteiger partial charge in [0, 0.05) is 17.2 Å². The number of benzene rings is 1. The summed E-state index contributed by atoms with van der Waals surface area (Å²) in [5, 5.41) is 17.0. The monoisotopic (exact) mass is 351 g/mol. The Bertz CT molecular complexity index is 682. The molecule has 0 radical (unpaired) electrons. The van der Waals surface area contributed by atoms with Crippen molar-refractivity contribution < 1.29 is 4.92 Å². The summed E-state index contributed by atoms with van der Waals surface area (Å²) >= 11 is 3.42. The lowest BCUT2D eigenvalue weighted by atomic mass is 10.1. The molecule has 110 valence electrons. The van der Waals surface area contributed by atoms with Crippen LogP contribution in [0.3, 0.4) is 0 Å². The molecule has 0 aliphatic heterocycles. The van der Waals surface area contributed by atoms with Crippen molar-refractivity contribution in [2.75, 3.05) is 17.7 Å². The third-order valence-electron chi connectivity index (χ3n) is 2.98. The van der Waals surface area contributed by atoms with Crippen LogP contribution < -0.4 is 10.6 Å². The molecule has 0 unspecified atom stereocenters. The molecule has 0 atom stereocenters. The number of nitrogens with zero attached hydrogens (tertiary/aromatic N) is 3. The summed E-state index contributed by atoms with van der Waals surface area (Å²) < 4.78 is 0.955. The van der Waals surface area contributed by atoms with Gasteiger partial charge in [-0.3, -0.25) is 10.1 Å². The van der Waals surface area contributed by atoms with Gasteiger partial charge in [-0.2, -0.15) is 0 Å². The van der Waals surface area contributed by atoms with E-state index in [0.717, 1.165) is 21.3 Å². The van der Waals surface area contributed by atoms with Crippen LogP contribution in [0.1, 0.15) is 11.1 Å². The lowest BCUT2D eigenvalue weighted by Crippen LogP contribution is -2.06. The Morgan fingerprint density at radius 3 is 2.29 bits per heavy atom. The molecule has 0 aliphatic rings. The van der Waals surface area contributed by atoms with Crippen molar-refractivity contribution >= 4 is 38.9 Å². The lowest BCUT2D eigenvalue weighted by Gasteiger charge is -2.13. The van der Waals surface area contributed by atoms with E-state index in [-0.39, 0.29) is 17.3 Å². The van der Waals surface area contributed by atoms with Crippen LogP contribution in [-0.2, 0) is 0 Å². The first kappa shape index (κ1) is 15.2. The average molecular weight is 352 g/mol. The van der Waals surface area contributed by atoms with Crippen LogP contribution in [0.4, 0.5) is 23.0 Å². The van der Waals surface area contributed by atoms with Crippen molar-refractivity contribution in [3.05, 3.63) is 44.2 Å². The molecule has 7 nitrogen and oxygen atoms in total. The van der Waals surface area contributed by atoms with Gasteiger partial charge in [0.05, 0.1) is 4.92 Å². The van der Waals surface area contributed by atoms with E-state index >= 15 is 0 Å². The van der Waals surface area contributed by atoms with E-state index in [4.69, 9.17) is 0 Å². The molecule has 0 fully saturated rings. The number of halogens is 1. The Kier molecular flexibility index (Phi) is 4.37. The third-order valence-corrected chi connectivity index (χ3v) is 3.44. The Labute approximate surface area is 130 Å². The number of hydrogen-bond donors (Lipinski definition) is 2. The highest BCUT2D eigenvalue weighted by molar-refractivity contribution is 9.10. The maximum absolute atomic E-state index is 11.3. The quantitative estimate of drug-likeness (QED) is 0.646. The number of hydrogen-bond acceptors (Lipinski definition) is 6. The van der Waals surface area contributed by atoms with E-state index in [1.807, 2.05) is 26.0 Å². The summed E-state index contributed by atoms with van der Waals surface area (Å²) in [6.07, 6.45) is 1.28. The van der Waals surface area contributed by atoms with Gasteiger partial charge in [-0.25, -0.2) is 9.97 Å². The largest absolute Gasteiger partial charge is 0.367 e. The van der Waals surface area contributed by atoms with Gasteiger partial charge in [0.25, 0.3) is 0 Å². The van der Waals surface area contributed by atoms with Crippen LogP contribution in [0, 0.1) is 24.0 Å². The normalized spacial score (nSPS) is 10.3. The second kappa shape index (κ2) is 6.04. The van der Waals surface area contributed by atoms with E-state index in [1.165, 1.54) is 6.33 Å². The Hall–Kier alpha value is -2.22. The zero-order chi connectivity index (χ0) is 15.6. The maximum Gasteiger partial charge on any atom is 0.353 e. The topological polar surface area (TPSA) is 93.0 Å². The zero-order valence-corrected chi connectivity index (χ0v) is 13.4. The van der Waals surface area contributed by atoms with Gasteiger partial charge in [0.1, 0.15) is 6.33 Å². The number of nitro groups is 1. The van der Waals surface area contributed by atoms with Crippen molar-refractivity contribution in [3.8, 4) is 0 Å². The fraction of sp³-hybridized carbons (Fsp3) is 0.231. The molecule has 8 heteroatoms. The fourth-order valence-electron chi connectivity index (χ4n) is 2.05. The maximum atomic E-state index is 11.3. The van der Waals surface area contributed by atoms with Crippen LogP contribution >= 0.6 is 15.9 Å². The van der Waals surface area contributed by atoms with E-state index in [2.05, 4.69) is 36.5 Å². The van der Waals surface area contributed by atoms with Crippen LogP contribution in [0.5, 0.6) is 0 Å². The molecular weight excluding hydrogens is 338 g/mol. The number of aryl methyl sites for hydroxylation is 2. The molecule has 1 aromatic carbocycles. The number of aromatic nitrogens is 2. The number of anilines is 3. The van der Waals surface area contributed by atoms with Gasteiger partial charge in [-0.15, -0.1) is 0 Å². The smallest absolute Gasteiger partial charge is 0.353 e. The van der Waals surface area contributed by atoms with Crippen molar-refractivity contribution in [2.24, 2.45) is 0 Å². The Morgan fingerprint density at radius 1 is 1.19 bits per heavy atom. The molecule has 0 saturated heterocycles. The number of rotatable bonds is 4. The zero-order valence-electron chi connectivity index (χ0n) is 11.8. The second-order valence-electron chi connectivity index (χ2n) is 4.47. The average Bonchev–Trinajstić information content (AvgIpc) is 2.42. The highest BCUT2D eigenvalue weighted by Crippen LogP contribution is 2.33. The summed E-state index contributed by atoms with van der Waals surface area (Å²) in [6.45, 7) is 3.85. The molecule has 2 aromatic rings. The first-order chi connectivity index (χ1) is 9.93. The summed E-state index contributed by atoms with van der Waals surface area (Å²) in [4.78, 5) is 18.6. The summed E-state index contributed by atoms with van der Waals surface area (Å²) in [7, 11) is 1.58. The van der Waals surface area contributed by atoms with Crippen LogP contribution in [0.15, 0.2) is 22.9 Å². The fourth-order valence-corrected chi connectivity index (χ4v) is 2.74. The highest BCUT2D eigenvalue weighted by Gasteiger charge is 2.23. The van der Waals surface area contributed by atoms with Crippen LogP contribution in [-0.4, -0.2) is 21.9 Å². The lowest BCUT2D eigenvalue weighted by molar-refractivity contribution is -0.383. The van der Waals surface area contributed by atoms with Gasteiger partial charge >= 0.3 is 5.69 Å². The minimum absolute atomic E-state index is 0.160. The van der Waals surface area contributed by atoms with Crippen LogP contribution in [0.25, 0.3) is 0 Å². The van der Waals surface area contributed by atoms with Crippen LogP contribution in [0.2, 0.25) is 0 Å². The molecule has 2 N–H and O–H groups in total. The van der Waals surface area contributed by atoms with Crippen molar-refractivity contribution in [2.45, 2.75) is 13.8 Å². The van der Waals surface area contributed by atoms with E-state index in [0.29, 0.717) is 0 Å². The molecule has 0 aliphatic carbocycles. The summed E-state index contributed by atoms with van der Waals surface area (Å²) in [6, 6.07) is 3.86. The molecule has 1 aromatic heterocycles. The summed E-state index contributed by atoms with van der Waals surface area (Å²) in [5.74, 6) is 0.331. The third kappa shape index (κ3) is 3.10. The predicted molar refractivity (Wildman–Crippen MR) is 85.1 cm³/mol. The van der Waals surface area contributed by atoms with Gasteiger partial charge in [-0.05, 0) is 37.1 Å². The van der Waals surface area contributed by atoms with Crippen molar-refractivity contribution in [1.29, 1.82) is 0 Å². The first-order valence-electron chi connectivity index (χ1n) is 6.15. The molecule has 0 bridgehead atoms. The second-order valence-corrected chi connectivity index (χ2v) is 5.38. The number of nitrogens with one attached hydrogen (secondary N) is 2. The predicted octanol–water partition coefficient (Wildman–Crippen LogP) is 3.55. The van der Waals surface area contributed by atoms with E-state index in [9.17, 15) is 10.1 Å². The van der Waals surface area contributed by atoms with Gasteiger partial charge in [-0.1, -0.05) is 15.9 Å². The highest BCUT2D eigenvalue weighted by atomic mass is 79.9. The summed E-state index contributed by atoms with van der Waals surface area (Å²) in [5.41, 5.74) is 2.53. The van der Waals surface area contributed by atoms with E-state index in [1.54, 1.807) is 7.05 Å². The van der Waals surface area contributed by atoms with Gasteiger partial charge in [0.2, 0.25) is 11.6 Å². The van der Waals surface area contributed by atoms with Gasteiger partial charge < -0.3 is 10.6 Å². The standard InChI is InChI=1S/C13H14BrN5O2/c1-7-4-9(14)5-8(2)10(7)18-13-11(19(20)21)12(15-3)16-6-17-13/h4-6H,1-3H3,(H2,15,16,17,18).